The van der Waals surface area contributed by atoms with Crippen molar-refractivity contribution in [1.82, 2.24) is 4.98 Å². The molecule has 3 aromatic rings. The Bertz CT molecular complexity index is 1160. The monoisotopic (exact) mass is 459 g/mol. The van der Waals surface area contributed by atoms with Gasteiger partial charge in [0.1, 0.15) is 0 Å². The van der Waals surface area contributed by atoms with Crippen LogP contribution in [0.1, 0.15) is 36.3 Å². The van der Waals surface area contributed by atoms with Crippen molar-refractivity contribution < 1.29 is 4.79 Å². The number of carbonyl (C=O) groups excluding carboxylic acids is 1. The van der Waals surface area contributed by atoms with Gasteiger partial charge in [0.2, 0.25) is 0 Å². The Hall–Kier alpha value is -3.37. The number of anilines is 2. The minimum atomic E-state index is -0.181. The zero-order valence-electron chi connectivity index (χ0n) is 19.2. The fourth-order valence-electron chi connectivity index (χ4n) is 3.59. The van der Waals surface area contributed by atoms with Crippen molar-refractivity contribution in [3.8, 4) is 0 Å². The lowest BCUT2D eigenvalue weighted by Gasteiger charge is -2.23. The highest BCUT2D eigenvalue weighted by Crippen LogP contribution is 2.24. The van der Waals surface area contributed by atoms with Gasteiger partial charge >= 0.3 is 0 Å². The summed E-state index contributed by atoms with van der Waals surface area (Å²) in [4.78, 5) is 20.2. The van der Waals surface area contributed by atoms with Crippen LogP contribution >= 0.6 is 11.6 Å². The Balaban J connectivity index is 1.88. The van der Waals surface area contributed by atoms with E-state index in [1.807, 2.05) is 79.8 Å². The number of benzene rings is 2. The number of hydrogen-bond donors (Lipinski definition) is 1. The standard InChI is InChI=1S/C28H30ClN3O/c1-4-6-7-10-21(3)27-20-25(24-11-8-9-12-26(24)31-27)28(33)30-22-13-15-23(16-14-22)32(18-5-2)19-17-29/h4,6-16,20H,3,5,17-19H2,1-2H3,(H,30,33)/b6-4-,10-7-. The van der Waals surface area contributed by atoms with E-state index < -0.39 is 0 Å². The molecule has 1 aromatic heterocycles. The number of hydrogen-bond acceptors (Lipinski definition) is 3. The minimum Gasteiger partial charge on any atom is -0.370 e. The first kappa shape index (κ1) is 24.3. The molecule has 0 aliphatic carbocycles. The maximum Gasteiger partial charge on any atom is 0.256 e. The summed E-state index contributed by atoms with van der Waals surface area (Å²) in [7, 11) is 0. The quantitative estimate of drug-likeness (QED) is 0.260. The molecule has 0 spiro atoms. The molecule has 0 aliphatic rings. The van der Waals surface area contributed by atoms with Crippen molar-refractivity contribution in [1.29, 1.82) is 0 Å². The van der Waals surface area contributed by atoms with Crippen LogP contribution in [-0.4, -0.2) is 29.9 Å². The highest BCUT2D eigenvalue weighted by molar-refractivity contribution is 6.18. The van der Waals surface area contributed by atoms with Crippen LogP contribution in [0, 0.1) is 0 Å². The molecule has 170 valence electrons. The van der Waals surface area contributed by atoms with Crippen LogP contribution in [-0.2, 0) is 0 Å². The summed E-state index contributed by atoms with van der Waals surface area (Å²) < 4.78 is 0. The van der Waals surface area contributed by atoms with Crippen molar-refractivity contribution in [2.75, 3.05) is 29.2 Å². The molecule has 0 saturated heterocycles. The van der Waals surface area contributed by atoms with Gasteiger partial charge in [0.15, 0.2) is 0 Å². The molecule has 3 rings (SSSR count). The number of carbonyl (C=O) groups is 1. The molecule has 0 aliphatic heterocycles. The van der Waals surface area contributed by atoms with Crippen molar-refractivity contribution >= 4 is 45.4 Å². The molecule has 4 nitrogen and oxygen atoms in total. The van der Waals surface area contributed by atoms with Gasteiger partial charge in [-0.1, -0.05) is 56.0 Å². The van der Waals surface area contributed by atoms with E-state index >= 15 is 0 Å². The van der Waals surface area contributed by atoms with Crippen LogP contribution in [0.5, 0.6) is 0 Å². The number of amides is 1. The fourth-order valence-corrected chi connectivity index (χ4v) is 3.80. The minimum absolute atomic E-state index is 0.181. The predicted molar refractivity (Wildman–Crippen MR) is 142 cm³/mol. The Labute approximate surface area is 201 Å². The molecule has 1 amide bonds. The lowest BCUT2D eigenvalue weighted by molar-refractivity contribution is 0.102. The summed E-state index contributed by atoms with van der Waals surface area (Å²) in [5, 5.41) is 3.83. The zero-order valence-corrected chi connectivity index (χ0v) is 20.0. The predicted octanol–water partition coefficient (Wildman–Crippen LogP) is 7.09. The number of pyridine rings is 1. The highest BCUT2D eigenvalue weighted by atomic mass is 35.5. The second kappa shape index (κ2) is 12.0. The van der Waals surface area contributed by atoms with Crippen LogP contribution in [0.3, 0.4) is 0 Å². The molecular formula is C28H30ClN3O. The summed E-state index contributed by atoms with van der Waals surface area (Å²) in [6, 6.07) is 17.3. The van der Waals surface area contributed by atoms with Crippen molar-refractivity contribution in [3.05, 3.63) is 96.7 Å². The van der Waals surface area contributed by atoms with Gasteiger partial charge in [-0.25, -0.2) is 4.98 Å². The number of nitrogens with one attached hydrogen (secondary N) is 1. The number of rotatable bonds is 10. The number of alkyl halides is 1. The fraction of sp³-hybridized carbons (Fsp3) is 0.214. The van der Waals surface area contributed by atoms with Crippen LogP contribution in [0.15, 0.2) is 85.5 Å². The van der Waals surface area contributed by atoms with Gasteiger partial charge in [0.25, 0.3) is 5.91 Å². The van der Waals surface area contributed by atoms with Gasteiger partial charge in [-0.15, -0.1) is 11.6 Å². The third kappa shape index (κ3) is 6.33. The Morgan fingerprint density at radius 1 is 1.12 bits per heavy atom. The molecule has 5 heteroatoms. The second-order valence-electron chi connectivity index (χ2n) is 7.66. The van der Waals surface area contributed by atoms with E-state index in [0.717, 1.165) is 47.4 Å². The lowest BCUT2D eigenvalue weighted by Crippen LogP contribution is -2.26. The van der Waals surface area contributed by atoms with E-state index in [-0.39, 0.29) is 5.91 Å². The van der Waals surface area contributed by atoms with Crippen LogP contribution in [0.4, 0.5) is 11.4 Å². The molecule has 33 heavy (non-hydrogen) atoms. The number of allylic oxidation sites excluding steroid dienone is 5. The summed E-state index contributed by atoms with van der Waals surface area (Å²) in [6.07, 6.45) is 8.71. The van der Waals surface area contributed by atoms with Crippen molar-refractivity contribution in [2.24, 2.45) is 0 Å². The van der Waals surface area contributed by atoms with Gasteiger partial charge < -0.3 is 10.2 Å². The van der Waals surface area contributed by atoms with E-state index in [9.17, 15) is 4.79 Å². The summed E-state index contributed by atoms with van der Waals surface area (Å²) in [5.41, 5.74) is 4.57. The maximum atomic E-state index is 13.3. The third-order valence-corrected chi connectivity index (χ3v) is 5.40. The molecule has 0 radical (unpaired) electrons. The molecule has 0 atom stereocenters. The number of para-hydroxylation sites is 1. The van der Waals surface area contributed by atoms with Crippen LogP contribution < -0.4 is 10.2 Å². The summed E-state index contributed by atoms with van der Waals surface area (Å²) >= 11 is 5.95. The smallest absolute Gasteiger partial charge is 0.256 e. The number of halogens is 1. The van der Waals surface area contributed by atoms with Crippen LogP contribution in [0.25, 0.3) is 16.5 Å². The first-order valence-electron chi connectivity index (χ1n) is 11.2. The van der Waals surface area contributed by atoms with Gasteiger partial charge in [0, 0.05) is 35.7 Å². The van der Waals surface area contributed by atoms with Gasteiger partial charge in [-0.05, 0) is 55.3 Å². The third-order valence-electron chi connectivity index (χ3n) is 5.23. The molecule has 1 N–H and O–H groups in total. The van der Waals surface area contributed by atoms with Crippen LogP contribution in [0.2, 0.25) is 0 Å². The topological polar surface area (TPSA) is 45.2 Å². The first-order valence-corrected chi connectivity index (χ1v) is 11.7. The lowest BCUT2D eigenvalue weighted by atomic mass is 10.0. The van der Waals surface area contributed by atoms with Crippen molar-refractivity contribution in [2.45, 2.75) is 20.3 Å². The van der Waals surface area contributed by atoms with E-state index in [1.165, 1.54) is 0 Å². The Kier molecular flexibility index (Phi) is 8.85. The molecule has 0 unspecified atom stereocenters. The number of fused-ring (bicyclic) bond motifs is 1. The summed E-state index contributed by atoms with van der Waals surface area (Å²) in [5.74, 6) is 0.393. The Morgan fingerprint density at radius 2 is 1.88 bits per heavy atom. The normalized spacial score (nSPS) is 11.4. The van der Waals surface area contributed by atoms with E-state index in [4.69, 9.17) is 16.6 Å². The van der Waals surface area contributed by atoms with Crippen molar-refractivity contribution in [3.63, 3.8) is 0 Å². The van der Waals surface area contributed by atoms with Gasteiger partial charge in [-0.3, -0.25) is 4.79 Å². The molecule has 1 heterocycles. The Morgan fingerprint density at radius 3 is 2.58 bits per heavy atom. The molecular weight excluding hydrogens is 430 g/mol. The molecule has 2 aromatic carbocycles. The first-order chi connectivity index (χ1) is 16.1. The second-order valence-corrected chi connectivity index (χ2v) is 8.04. The largest absolute Gasteiger partial charge is 0.370 e. The molecule has 0 bridgehead atoms. The van der Waals surface area contributed by atoms with Gasteiger partial charge in [-0.2, -0.15) is 0 Å². The number of nitrogens with zero attached hydrogens (tertiary/aromatic N) is 2. The molecule has 0 fully saturated rings. The van der Waals surface area contributed by atoms with Gasteiger partial charge in [0.05, 0.1) is 16.8 Å². The number of aromatic nitrogens is 1. The highest BCUT2D eigenvalue weighted by Gasteiger charge is 2.14. The SMILES string of the molecule is C=C(/C=C\C=C/C)c1cc(C(=O)Nc2ccc(N(CCC)CCCl)cc2)c2ccccc2n1. The summed E-state index contributed by atoms with van der Waals surface area (Å²) in [6.45, 7) is 9.95. The average molecular weight is 460 g/mol. The maximum absolute atomic E-state index is 13.3. The zero-order chi connectivity index (χ0) is 23.6. The van der Waals surface area contributed by atoms with E-state index in [2.05, 4.69) is 23.7 Å². The molecule has 0 saturated carbocycles. The van der Waals surface area contributed by atoms with E-state index in [1.54, 1.807) is 6.07 Å². The van der Waals surface area contributed by atoms with E-state index in [0.29, 0.717) is 17.1 Å². The average Bonchev–Trinajstić information content (AvgIpc) is 2.83.